The SMILES string of the molecule is N#C/C(F)=C/C=C/C1CCC(c2ccc(F)c(F)c2)CC1. The minimum atomic E-state index is -0.818. The van der Waals surface area contributed by atoms with E-state index in [1.165, 1.54) is 18.2 Å². The summed E-state index contributed by atoms with van der Waals surface area (Å²) in [5.74, 6) is -1.83. The molecule has 1 aliphatic carbocycles. The zero-order valence-electron chi connectivity index (χ0n) is 11.5. The second-order valence-corrected chi connectivity index (χ2v) is 5.30. The average molecular weight is 291 g/mol. The highest BCUT2D eigenvalue weighted by Crippen LogP contribution is 2.36. The summed E-state index contributed by atoms with van der Waals surface area (Å²) in [4.78, 5) is 0. The topological polar surface area (TPSA) is 23.8 Å². The molecule has 1 saturated carbocycles. The summed E-state index contributed by atoms with van der Waals surface area (Å²) < 4.78 is 38.8. The number of benzene rings is 1. The minimum absolute atomic E-state index is 0.246. The highest BCUT2D eigenvalue weighted by Gasteiger charge is 2.21. The van der Waals surface area contributed by atoms with Gasteiger partial charge >= 0.3 is 0 Å². The number of nitrogens with zero attached hydrogens (tertiary/aromatic N) is 1. The van der Waals surface area contributed by atoms with E-state index in [0.29, 0.717) is 5.92 Å². The van der Waals surface area contributed by atoms with Gasteiger partial charge in [-0.05, 0) is 61.3 Å². The number of hydrogen-bond donors (Lipinski definition) is 0. The van der Waals surface area contributed by atoms with Gasteiger partial charge in [-0.2, -0.15) is 9.65 Å². The molecule has 1 aromatic rings. The largest absolute Gasteiger partial charge is 0.204 e. The second kappa shape index (κ2) is 7.12. The van der Waals surface area contributed by atoms with Crippen LogP contribution >= 0.6 is 0 Å². The predicted octanol–water partition coefficient (Wildman–Crippen LogP) is 5.17. The van der Waals surface area contributed by atoms with Crippen molar-refractivity contribution < 1.29 is 13.2 Å². The molecule has 0 spiro atoms. The van der Waals surface area contributed by atoms with Crippen molar-refractivity contribution in [3.63, 3.8) is 0 Å². The molecular formula is C17H16F3N. The molecule has 21 heavy (non-hydrogen) atoms. The third-order valence-corrected chi connectivity index (χ3v) is 3.92. The van der Waals surface area contributed by atoms with Crippen LogP contribution in [0.15, 0.2) is 42.3 Å². The van der Waals surface area contributed by atoms with E-state index < -0.39 is 17.5 Å². The lowest BCUT2D eigenvalue weighted by Gasteiger charge is -2.27. The van der Waals surface area contributed by atoms with E-state index in [-0.39, 0.29) is 5.92 Å². The van der Waals surface area contributed by atoms with Crippen molar-refractivity contribution >= 4 is 0 Å². The summed E-state index contributed by atoms with van der Waals surface area (Å²) >= 11 is 0. The van der Waals surface area contributed by atoms with Gasteiger partial charge < -0.3 is 0 Å². The number of rotatable bonds is 3. The minimum Gasteiger partial charge on any atom is -0.204 e. The third kappa shape index (κ3) is 4.22. The Bertz CT molecular complexity index is 591. The maximum absolute atomic E-state index is 13.2. The zero-order valence-corrected chi connectivity index (χ0v) is 11.5. The molecular weight excluding hydrogens is 275 g/mol. The Hall–Kier alpha value is -2.02. The van der Waals surface area contributed by atoms with Gasteiger partial charge in [-0.25, -0.2) is 8.78 Å². The van der Waals surface area contributed by atoms with E-state index >= 15 is 0 Å². The van der Waals surface area contributed by atoms with E-state index in [1.54, 1.807) is 12.1 Å². The van der Waals surface area contributed by atoms with Gasteiger partial charge in [-0.15, -0.1) is 0 Å². The number of allylic oxidation sites excluding steroid dienone is 4. The Kier molecular flexibility index (Phi) is 5.21. The highest BCUT2D eigenvalue weighted by molar-refractivity contribution is 5.23. The summed E-state index contributed by atoms with van der Waals surface area (Å²) in [6, 6.07) is 5.51. The molecule has 0 radical (unpaired) electrons. The maximum atomic E-state index is 13.2. The summed E-state index contributed by atoms with van der Waals surface area (Å²) in [6.07, 6.45) is 8.25. The Balaban J connectivity index is 1.91. The molecule has 4 heteroatoms. The lowest BCUT2D eigenvalue weighted by atomic mass is 9.78. The van der Waals surface area contributed by atoms with E-state index in [2.05, 4.69) is 0 Å². The van der Waals surface area contributed by atoms with E-state index in [9.17, 15) is 13.2 Å². The van der Waals surface area contributed by atoms with Crippen molar-refractivity contribution in [2.45, 2.75) is 31.6 Å². The first kappa shape index (κ1) is 15.4. The van der Waals surface area contributed by atoms with Crippen LogP contribution < -0.4 is 0 Å². The molecule has 0 aliphatic heterocycles. The molecule has 1 aliphatic rings. The van der Waals surface area contributed by atoms with Crippen LogP contribution in [0.1, 0.15) is 37.2 Å². The Labute approximate surface area is 122 Å². The molecule has 0 heterocycles. The van der Waals surface area contributed by atoms with Gasteiger partial charge in [0.2, 0.25) is 0 Å². The monoisotopic (exact) mass is 291 g/mol. The fourth-order valence-electron chi connectivity index (χ4n) is 2.75. The van der Waals surface area contributed by atoms with Crippen LogP contribution in [0.4, 0.5) is 13.2 Å². The number of nitriles is 1. The van der Waals surface area contributed by atoms with Crippen LogP contribution in [0.25, 0.3) is 0 Å². The van der Waals surface area contributed by atoms with Gasteiger partial charge in [-0.1, -0.05) is 18.2 Å². The molecule has 0 N–H and O–H groups in total. The molecule has 1 nitrogen and oxygen atoms in total. The highest BCUT2D eigenvalue weighted by atomic mass is 19.2. The summed E-state index contributed by atoms with van der Waals surface area (Å²) in [6.45, 7) is 0. The zero-order chi connectivity index (χ0) is 15.2. The van der Waals surface area contributed by atoms with Crippen molar-refractivity contribution in [1.82, 2.24) is 0 Å². The molecule has 0 amide bonds. The van der Waals surface area contributed by atoms with Crippen LogP contribution in [0, 0.1) is 28.9 Å². The van der Waals surface area contributed by atoms with Crippen molar-refractivity contribution in [3.8, 4) is 6.07 Å². The van der Waals surface area contributed by atoms with Crippen molar-refractivity contribution in [1.29, 1.82) is 5.26 Å². The average Bonchev–Trinajstić information content (AvgIpc) is 2.50. The third-order valence-electron chi connectivity index (χ3n) is 3.92. The molecule has 0 bridgehead atoms. The van der Waals surface area contributed by atoms with Gasteiger partial charge in [0.15, 0.2) is 17.5 Å². The van der Waals surface area contributed by atoms with Gasteiger partial charge in [0.05, 0.1) is 0 Å². The summed E-state index contributed by atoms with van der Waals surface area (Å²) in [7, 11) is 0. The molecule has 2 rings (SSSR count). The fraction of sp³-hybridized carbons (Fsp3) is 0.353. The van der Waals surface area contributed by atoms with E-state index in [1.807, 2.05) is 6.08 Å². The number of hydrogen-bond acceptors (Lipinski definition) is 1. The first-order valence-electron chi connectivity index (χ1n) is 6.99. The lowest BCUT2D eigenvalue weighted by molar-refractivity contribution is 0.374. The predicted molar refractivity (Wildman–Crippen MR) is 75.0 cm³/mol. The van der Waals surface area contributed by atoms with Gasteiger partial charge in [-0.3, -0.25) is 0 Å². The number of halogens is 3. The van der Waals surface area contributed by atoms with Crippen molar-refractivity contribution in [2.75, 3.05) is 0 Å². The normalized spacial score (nSPS) is 23.2. The van der Waals surface area contributed by atoms with Gasteiger partial charge in [0.1, 0.15) is 6.07 Å². The molecule has 0 aromatic heterocycles. The van der Waals surface area contributed by atoms with E-state index in [4.69, 9.17) is 5.26 Å². The van der Waals surface area contributed by atoms with Crippen molar-refractivity contribution in [2.24, 2.45) is 5.92 Å². The summed E-state index contributed by atoms with van der Waals surface area (Å²) in [5.41, 5.74) is 0.840. The van der Waals surface area contributed by atoms with Crippen LogP contribution in [0.3, 0.4) is 0 Å². The molecule has 0 unspecified atom stereocenters. The molecule has 0 atom stereocenters. The van der Waals surface area contributed by atoms with Crippen LogP contribution in [0.2, 0.25) is 0 Å². The van der Waals surface area contributed by atoms with Gasteiger partial charge in [0, 0.05) is 0 Å². The standard InChI is InChI=1S/C17H16F3N/c18-15(11-21)3-1-2-12-4-6-13(7-5-12)14-8-9-16(19)17(20)10-14/h1-3,8-10,12-13H,4-7H2/b2-1+,15-3-. The molecule has 1 fully saturated rings. The summed E-state index contributed by atoms with van der Waals surface area (Å²) in [5, 5.41) is 8.29. The van der Waals surface area contributed by atoms with Crippen molar-refractivity contribution in [3.05, 3.63) is 59.5 Å². The smallest absolute Gasteiger partial charge is 0.199 e. The first-order valence-corrected chi connectivity index (χ1v) is 6.99. The Morgan fingerprint density at radius 3 is 2.48 bits per heavy atom. The molecule has 110 valence electrons. The lowest BCUT2D eigenvalue weighted by Crippen LogP contribution is -2.12. The second-order valence-electron chi connectivity index (χ2n) is 5.30. The van der Waals surface area contributed by atoms with Crippen LogP contribution in [-0.4, -0.2) is 0 Å². The first-order chi connectivity index (χ1) is 10.1. The van der Waals surface area contributed by atoms with Crippen LogP contribution in [0.5, 0.6) is 0 Å². The molecule has 1 aromatic carbocycles. The molecule has 0 saturated heterocycles. The Morgan fingerprint density at radius 1 is 1.14 bits per heavy atom. The quantitative estimate of drug-likeness (QED) is 0.556. The van der Waals surface area contributed by atoms with Crippen LogP contribution in [-0.2, 0) is 0 Å². The fourth-order valence-corrected chi connectivity index (χ4v) is 2.75. The van der Waals surface area contributed by atoms with E-state index in [0.717, 1.165) is 37.3 Å². The Morgan fingerprint density at radius 2 is 1.86 bits per heavy atom. The maximum Gasteiger partial charge on any atom is 0.199 e. The van der Waals surface area contributed by atoms with Gasteiger partial charge in [0.25, 0.3) is 0 Å².